The van der Waals surface area contributed by atoms with Crippen molar-refractivity contribution in [2.75, 3.05) is 17.2 Å². The second-order valence-electron chi connectivity index (χ2n) is 6.39. The summed E-state index contributed by atoms with van der Waals surface area (Å²) in [4.78, 5) is 50.1. The number of carbonyl (C=O) groups excluding carboxylic acids is 3. The normalized spacial score (nSPS) is 16.2. The van der Waals surface area contributed by atoms with Gasteiger partial charge in [-0.1, -0.05) is 6.07 Å². The molecule has 0 saturated carbocycles. The van der Waals surface area contributed by atoms with Crippen molar-refractivity contribution >= 4 is 29.2 Å². The predicted octanol–water partition coefficient (Wildman–Crippen LogP) is 0.739. The van der Waals surface area contributed by atoms with E-state index in [0.29, 0.717) is 24.3 Å². The molecular formula is C18H16N4O4. The maximum absolute atomic E-state index is 12.6. The fourth-order valence-electron chi connectivity index (χ4n) is 3.46. The summed E-state index contributed by atoms with van der Waals surface area (Å²) in [6, 6.07) is 6.42. The molecule has 8 nitrogen and oxygen atoms in total. The molecule has 0 unspecified atom stereocenters. The van der Waals surface area contributed by atoms with Crippen molar-refractivity contribution in [2.24, 2.45) is 0 Å². The number of nitrogens with two attached hydrogens (primary N) is 1. The van der Waals surface area contributed by atoms with Crippen LogP contribution in [0.2, 0.25) is 0 Å². The summed E-state index contributed by atoms with van der Waals surface area (Å²) in [6.45, 7) is 2.42. The van der Waals surface area contributed by atoms with Crippen molar-refractivity contribution < 1.29 is 14.4 Å². The van der Waals surface area contributed by atoms with E-state index in [4.69, 9.17) is 5.73 Å². The maximum Gasteiger partial charge on any atom is 0.262 e. The topological polar surface area (TPSA) is 114 Å². The summed E-state index contributed by atoms with van der Waals surface area (Å²) in [5, 5.41) is 2.14. The van der Waals surface area contributed by atoms with Crippen molar-refractivity contribution in [3.63, 3.8) is 0 Å². The van der Waals surface area contributed by atoms with Crippen LogP contribution in [0.25, 0.3) is 5.69 Å². The Balaban J connectivity index is 1.93. The molecule has 2 aliphatic heterocycles. The number of hydrogen-bond acceptors (Lipinski definition) is 5. The van der Waals surface area contributed by atoms with E-state index in [9.17, 15) is 19.2 Å². The van der Waals surface area contributed by atoms with Gasteiger partial charge in [0, 0.05) is 24.7 Å². The number of amides is 3. The number of pyridine rings is 1. The molecule has 0 aliphatic carbocycles. The van der Waals surface area contributed by atoms with Gasteiger partial charge >= 0.3 is 0 Å². The molecule has 132 valence electrons. The molecule has 1 aromatic heterocycles. The fraction of sp³-hybridized carbons (Fsp3) is 0.222. The quantitative estimate of drug-likeness (QED) is 0.774. The predicted molar refractivity (Wildman–Crippen MR) is 94.6 cm³/mol. The van der Waals surface area contributed by atoms with E-state index in [2.05, 4.69) is 5.32 Å². The van der Waals surface area contributed by atoms with Crippen LogP contribution in [0.4, 0.5) is 11.5 Å². The van der Waals surface area contributed by atoms with E-state index in [1.807, 2.05) is 6.07 Å². The van der Waals surface area contributed by atoms with E-state index in [1.165, 1.54) is 4.57 Å². The van der Waals surface area contributed by atoms with E-state index < -0.39 is 17.4 Å². The van der Waals surface area contributed by atoms with Gasteiger partial charge in [-0.3, -0.25) is 29.1 Å². The van der Waals surface area contributed by atoms with E-state index in [1.54, 1.807) is 24.0 Å². The van der Waals surface area contributed by atoms with Gasteiger partial charge in [0.25, 0.3) is 17.4 Å². The molecule has 0 atom stereocenters. The number of fused-ring (bicyclic) bond motifs is 1. The lowest BCUT2D eigenvalue weighted by molar-refractivity contribution is -0.117. The summed E-state index contributed by atoms with van der Waals surface area (Å²) >= 11 is 0. The molecule has 1 aromatic carbocycles. The third-order valence-electron chi connectivity index (χ3n) is 4.77. The first-order chi connectivity index (χ1) is 12.4. The van der Waals surface area contributed by atoms with Crippen molar-refractivity contribution in [1.29, 1.82) is 0 Å². The number of imide groups is 1. The van der Waals surface area contributed by atoms with Crippen molar-refractivity contribution in [2.45, 2.75) is 19.8 Å². The molecule has 0 bridgehead atoms. The van der Waals surface area contributed by atoms with Gasteiger partial charge in [-0.25, -0.2) is 0 Å². The number of aryl methyl sites for hydroxylation is 1. The number of carbonyl (C=O) groups is 3. The van der Waals surface area contributed by atoms with E-state index >= 15 is 0 Å². The Hall–Kier alpha value is -3.42. The van der Waals surface area contributed by atoms with Crippen LogP contribution in [0.1, 0.15) is 39.1 Å². The molecule has 3 amide bonds. The van der Waals surface area contributed by atoms with Crippen LogP contribution in [0.5, 0.6) is 0 Å². The molecule has 2 aromatic rings. The zero-order valence-electron chi connectivity index (χ0n) is 14.0. The molecule has 1 fully saturated rings. The first kappa shape index (κ1) is 16.1. The minimum absolute atomic E-state index is 0.00310. The molecule has 0 radical (unpaired) electrons. The highest BCUT2D eigenvalue weighted by Crippen LogP contribution is 2.28. The minimum atomic E-state index is -0.630. The maximum atomic E-state index is 12.6. The molecule has 0 spiro atoms. The number of benzene rings is 1. The van der Waals surface area contributed by atoms with Crippen molar-refractivity contribution in [3.8, 4) is 5.69 Å². The van der Waals surface area contributed by atoms with Gasteiger partial charge in [-0.2, -0.15) is 0 Å². The van der Waals surface area contributed by atoms with Gasteiger partial charge in [-0.05, 0) is 31.0 Å². The number of anilines is 2. The lowest BCUT2D eigenvalue weighted by Gasteiger charge is -2.20. The monoisotopic (exact) mass is 352 g/mol. The van der Waals surface area contributed by atoms with Gasteiger partial charge in [0.05, 0.1) is 16.8 Å². The Morgan fingerprint density at radius 3 is 2.54 bits per heavy atom. The van der Waals surface area contributed by atoms with Gasteiger partial charge in [0.15, 0.2) is 0 Å². The van der Waals surface area contributed by atoms with Gasteiger partial charge in [0.2, 0.25) is 5.91 Å². The lowest BCUT2D eigenvalue weighted by atomic mass is 10.1. The number of rotatable bonds is 2. The van der Waals surface area contributed by atoms with Crippen LogP contribution in [0.3, 0.4) is 0 Å². The first-order valence-corrected chi connectivity index (χ1v) is 8.21. The Morgan fingerprint density at radius 1 is 1.08 bits per heavy atom. The standard InChI is InChI=1S/C18H16N4O4/c1-9-4-5-10(21-6-2-3-13(21)23)7-12(9)22-14(24)8-11-15(16(22)19)18(26)20-17(11)25/h4-5,7-8H,2-3,6,19H2,1H3,(H,20,25,26). The van der Waals surface area contributed by atoms with Crippen LogP contribution in [-0.4, -0.2) is 28.8 Å². The highest BCUT2D eigenvalue weighted by atomic mass is 16.2. The van der Waals surface area contributed by atoms with Crippen LogP contribution < -0.4 is 21.5 Å². The molecule has 3 heterocycles. The molecule has 1 saturated heterocycles. The average Bonchev–Trinajstić information content (AvgIpc) is 3.13. The largest absolute Gasteiger partial charge is 0.384 e. The summed E-state index contributed by atoms with van der Waals surface area (Å²) in [5.41, 5.74) is 7.44. The Morgan fingerprint density at radius 2 is 1.85 bits per heavy atom. The number of nitrogen functional groups attached to an aromatic ring is 1. The number of hydrogen-bond donors (Lipinski definition) is 2. The number of nitrogens with zero attached hydrogens (tertiary/aromatic N) is 2. The zero-order valence-corrected chi connectivity index (χ0v) is 14.0. The molecule has 8 heteroatoms. The molecular weight excluding hydrogens is 336 g/mol. The van der Waals surface area contributed by atoms with E-state index in [-0.39, 0.29) is 22.9 Å². The SMILES string of the molecule is Cc1ccc(N2CCCC2=O)cc1-n1c(N)c2c(cc1=O)C(=O)NC2=O. The lowest BCUT2D eigenvalue weighted by Crippen LogP contribution is -2.26. The van der Waals surface area contributed by atoms with Crippen molar-refractivity contribution in [1.82, 2.24) is 9.88 Å². The zero-order chi connectivity index (χ0) is 18.6. The van der Waals surface area contributed by atoms with Crippen LogP contribution >= 0.6 is 0 Å². The number of aromatic nitrogens is 1. The molecule has 3 N–H and O–H groups in total. The number of nitrogens with one attached hydrogen (secondary N) is 1. The van der Waals surface area contributed by atoms with Crippen LogP contribution in [-0.2, 0) is 4.79 Å². The van der Waals surface area contributed by atoms with E-state index in [0.717, 1.165) is 18.1 Å². The average molecular weight is 352 g/mol. The minimum Gasteiger partial charge on any atom is -0.384 e. The smallest absolute Gasteiger partial charge is 0.262 e. The summed E-state index contributed by atoms with van der Waals surface area (Å²) in [6.07, 6.45) is 1.28. The summed E-state index contributed by atoms with van der Waals surface area (Å²) in [5.74, 6) is -1.32. The van der Waals surface area contributed by atoms with Crippen molar-refractivity contribution in [3.05, 3.63) is 51.3 Å². The van der Waals surface area contributed by atoms with Crippen LogP contribution in [0.15, 0.2) is 29.1 Å². The Kier molecular flexibility index (Phi) is 3.43. The van der Waals surface area contributed by atoms with Gasteiger partial charge < -0.3 is 10.6 Å². The first-order valence-electron chi connectivity index (χ1n) is 8.21. The molecule has 4 rings (SSSR count). The third-order valence-corrected chi connectivity index (χ3v) is 4.77. The van der Waals surface area contributed by atoms with Gasteiger partial charge in [-0.15, -0.1) is 0 Å². The Labute approximate surface area is 148 Å². The van der Waals surface area contributed by atoms with Crippen LogP contribution in [0, 0.1) is 6.92 Å². The van der Waals surface area contributed by atoms with Gasteiger partial charge in [0.1, 0.15) is 5.82 Å². The molecule has 2 aliphatic rings. The second-order valence-corrected chi connectivity index (χ2v) is 6.39. The highest BCUT2D eigenvalue weighted by molar-refractivity contribution is 6.23. The third kappa shape index (κ3) is 2.22. The summed E-state index contributed by atoms with van der Waals surface area (Å²) in [7, 11) is 0. The molecule has 26 heavy (non-hydrogen) atoms. The highest BCUT2D eigenvalue weighted by Gasteiger charge is 2.32. The second kappa shape index (κ2) is 5.55. The fourth-order valence-corrected chi connectivity index (χ4v) is 3.46. The summed E-state index contributed by atoms with van der Waals surface area (Å²) < 4.78 is 1.20. The Bertz CT molecular complexity index is 1050.